The summed E-state index contributed by atoms with van der Waals surface area (Å²) in [6.07, 6.45) is 2.92. The molecule has 1 saturated carbocycles. The van der Waals surface area contributed by atoms with Crippen molar-refractivity contribution in [3.05, 3.63) is 0 Å². The highest BCUT2D eigenvalue weighted by atomic mass is 16.5. The van der Waals surface area contributed by atoms with E-state index in [4.69, 9.17) is 9.47 Å². The van der Waals surface area contributed by atoms with Gasteiger partial charge in [-0.2, -0.15) is 0 Å². The summed E-state index contributed by atoms with van der Waals surface area (Å²) in [7, 11) is 0. The van der Waals surface area contributed by atoms with Gasteiger partial charge in [0.15, 0.2) is 0 Å². The van der Waals surface area contributed by atoms with Crippen LogP contribution in [-0.4, -0.2) is 47.4 Å². The number of nitrogens with one attached hydrogen (secondary N) is 1. The molecule has 22 heavy (non-hydrogen) atoms. The highest BCUT2D eigenvalue weighted by molar-refractivity contribution is 5.90. The normalized spacial score (nSPS) is 42.0. The molecule has 0 spiro atoms. The van der Waals surface area contributed by atoms with Crippen LogP contribution in [0.1, 0.15) is 46.5 Å². The van der Waals surface area contributed by atoms with Gasteiger partial charge in [-0.25, -0.2) is 4.79 Å². The zero-order valence-corrected chi connectivity index (χ0v) is 13.4. The predicted octanol–water partition coefficient (Wildman–Crippen LogP) is 1.33. The number of carboxylic acids is 1. The van der Waals surface area contributed by atoms with Crippen molar-refractivity contribution in [3.8, 4) is 0 Å². The number of hydrogen-bond acceptors (Lipinski definition) is 4. The van der Waals surface area contributed by atoms with E-state index in [1.807, 2.05) is 20.8 Å². The van der Waals surface area contributed by atoms with Crippen molar-refractivity contribution in [2.45, 2.75) is 70.3 Å². The Morgan fingerprint density at radius 1 is 1.36 bits per heavy atom. The van der Waals surface area contributed by atoms with Crippen LogP contribution in [0.4, 0.5) is 0 Å². The summed E-state index contributed by atoms with van der Waals surface area (Å²) in [6.45, 7) is 6.13. The third-order valence-corrected chi connectivity index (χ3v) is 5.91. The second-order valence-electron chi connectivity index (χ2n) is 7.29. The number of fused-ring (bicyclic) bond motifs is 2. The summed E-state index contributed by atoms with van der Waals surface area (Å²) >= 11 is 0. The summed E-state index contributed by atoms with van der Waals surface area (Å²) in [5.74, 6) is -1.37. The molecule has 2 N–H and O–H groups in total. The van der Waals surface area contributed by atoms with Gasteiger partial charge in [-0.1, -0.05) is 13.8 Å². The van der Waals surface area contributed by atoms with Crippen LogP contribution in [0.5, 0.6) is 0 Å². The standard InChI is InChI=1S/C16H25NO5/c1-4-21-12-8-16(14(19)20,15(12,2)3)17-13(18)10-7-9-5-6-11(10)22-9/h9-12H,4-8H2,1-3H3,(H,17,18)(H,19,20)/t9-,10-,11-,12-,16+/m1/s1. The van der Waals surface area contributed by atoms with Crippen molar-refractivity contribution >= 4 is 11.9 Å². The number of aliphatic carboxylic acids is 1. The molecular formula is C16H25NO5. The van der Waals surface area contributed by atoms with E-state index in [0.717, 1.165) is 12.8 Å². The van der Waals surface area contributed by atoms with Gasteiger partial charge >= 0.3 is 5.97 Å². The number of carbonyl (C=O) groups is 2. The molecule has 2 heterocycles. The van der Waals surface area contributed by atoms with E-state index in [1.54, 1.807) is 0 Å². The third-order valence-electron chi connectivity index (χ3n) is 5.91. The largest absolute Gasteiger partial charge is 0.479 e. The molecule has 2 saturated heterocycles. The van der Waals surface area contributed by atoms with E-state index < -0.39 is 16.9 Å². The average molecular weight is 311 g/mol. The highest BCUT2D eigenvalue weighted by Crippen LogP contribution is 2.52. The van der Waals surface area contributed by atoms with Crippen molar-refractivity contribution in [3.63, 3.8) is 0 Å². The number of ether oxygens (including phenoxy) is 2. The first-order valence-electron chi connectivity index (χ1n) is 8.14. The van der Waals surface area contributed by atoms with Crippen molar-refractivity contribution in [1.29, 1.82) is 0 Å². The van der Waals surface area contributed by atoms with E-state index in [9.17, 15) is 14.7 Å². The fourth-order valence-corrected chi connectivity index (χ4v) is 4.25. The molecule has 1 amide bonds. The summed E-state index contributed by atoms with van der Waals surface area (Å²) < 4.78 is 11.3. The topological polar surface area (TPSA) is 84.9 Å². The van der Waals surface area contributed by atoms with Crippen molar-refractivity contribution in [2.75, 3.05) is 6.61 Å². The maximum atomic E-state index is 12.6. The van der Waals surface area contributed by atoms with Gasteiger partial charge in [-0.3, -0.25) is 4.79 Å². The first kappa shape index (κ1) is 15.7. The molecule has 2 bridgehead atoms. The lowest BCUT2D eigenvalue weighted by Crippen LogP contribution is -2.76. The highest BCUT2D eigenvalue weighted by Gasteiger charge is 2.67. The molecule has 5 atom stereocenters. The molecule has 1 aliphatic carbocycles. The van der Waals surface area contributed by atoms with Crippen molar-refractivity contribution in [2.24, 2.45) is 11.3 Å². The lowest BCUT2D eigenvalue weighted by Gasteiger charge is -2.58. The quantitative estimate of drug-likeness (QED) is 0.800. The Balaban J connectivity index is 1.73. The Labute approximate surface area is 130 Å². The molecule has 0 unspecified atom stereocenters. The zero-order chi connectivity index (χ0) is 16.1. The maximum Gasteiger partial charge on any atom is 0.330 e. The molecule has 0 aromatic carbocycles. The van der Waals surface area contributed by atoms with Crippen LogP contribution < -0.4 is 5.32 Å². The first-order valence-corrected chi connectivity index (χ1v) is 8.14. The Morgan fingerprint density at radius 2 is 2.09 bits per heavy atom. The fourth-order valence-electron chi connectivity index (χ4n) is 4.25. The SMILES string of the molecule is CCO[C@@H]1C[C@](NC(=O)[C@@H]2C[C@H]3CC[C@H]2O3)(C(=O)O)C1(C)C. The lowest BCUT2D eigenvalue weighted by molar-refractivity contribution is -0.195. The minimum Gasteiger partial charge on any atom is -0.479 e. The zero-order valence-electron chi connectivity index (χ0n) is 13.4. The minimum absolute atomic E-state index is 0.0401. The van der Waals surface area contributed by atoms with Gasteiger partial charge in [0.2, 0.25) is 5.91 Å². The molecule has 3 aliphatic rings. The van der Waals surface area contributed by atoms with E-state index in [0.29, 0.717) is 19.4 Å². The Morgan fingerprint density at radius 3 is 2.55 bits per heavy atom. The summed E-state index contributed by atoms with van der Waals surface area (Å²) in [4.78, 5) is 24.5. The Bertz CT molecular complexity index is 491. The number of amides is 1. The lowest BCUT2D eigenvalue weighted by atomic mass is 9.54. The Kier molecular flexibility index (Phi) is 3.72. The number of hydrogen-bond donors (Lipinski definition) is 2. The summed E-state index contributed by atoms with van der Waals surface area (Å²) in [5, 5.41) is 12.6. The van der Waals surface area contributed by atoms with E-state index in [-0.39, 0.29) is 30.1 Å². The molecule has 2 aliphatic heterocycles. The van der Waals surface area contributed by atoms with Crippen LogP contribution >= 0.6 is 0 Å². The number of carboxylic acid groups (broad SMARTS) is 1. The van der Waals surface area contributed by atoms with Crippen molar-refractivity contribution < 1.29 is 24.2 Å². The molecule has 0 radical (unpaired) electrons. The molecule has 6 nitrogen and oxygen atoms in total. The summed E-state index contributed by atoms with van der Waals surface area (Å²) in [6, 6.07) is 0. The average Bonchev–Trinajstić information content (AvgIpc) is 3.08. The number of rotatable bonds is 5. The maximum absolute atomic E-state index is 12.6. The van der Waals surface area contributed by atoms with Crippen LogP contribution in [0.2, 0.25) is 0 Å². The first-order chi connectivity index (χ1) is 10.3. The predicted molar refractivity (Wildman–Crippen MR) is 78.3 cm³/mol. The van der Waals surface area contributed by atoms with Crippen LogP contribution in [-0.2, 0) is 19.1 Å². The van der Waals surface area contributed by atoms with E-state index in [1.165, 1.54) is 0 Å². The van der Waals surface area contributed by atoms with Gasteiger partial charge in [-0.15, -0.1) is 0 Å². The Hall–Kier alpha value is -1.14. The second kappa shape index (κ2) is 5.20. The van der Waals surface area contributed by atoms with Gasteiger partial charge in [0.1, 0.15) is 5.54 Å². The molecule has 0 aromatic heterocycles. The molecule has 3 rings (SSSR count). The van der Waals surface area contributed by atoms with Gasteiger partial charge in [-0.05, 0) is 26.2 Å². The molecule has 124 valence electrons. The second-order valence-corrected chi connectivity index (χ2v) is 7.29. The molecule has 3 fully saturated rings. The van der Waals surface area contributed by atoms with Crippen molar-refractivity contribution in [1.82, 2.24) is 5.32 Å². The van der Waals surface area contributed by atoms with Gasteiger partial charge in [0.05, 0.1) is 24.2 Å². The van der Waals surface area contributed by atoms with Gasteiger partial charge in [0, 0.05) is 18.4 Å². The molecular weight excluding hydrogens is 286 g/mol. The minimum atomic E-state index is -1.24. The van der Waals surface area contributed by atoms with E-state index in [2.05, 4.69) is 5.32 Å². The van der Waals surface area contributed by atoms with Crippen LogP contribution in [0, 0.1) is 11.3 Å². The fraction of sp³-hybridized carbons (Fsp3) is 0.875. The van der Waals surface area contributed by atoms with Gasteiger partial charge in [0.25, 0.3) is 0 Å². The van der Waals surface area contributed by atoms with Crippen LogP contribution in [0.15, 0.2) is 0 Å². The monoisotopic (exact) mass is 311 g/mol. The molecule has 0 aromatic rings. The van der Waals surface area contributed by atoms with Crippen LogP contribution in [0.3, 0.4) is 0 Å². The van der Waals surface area contributed by atoms with Gasteiger partial charge < -0.3 is 19.9 Å². The van der Waals surface area contributed by atoms with E-state index >= 15 is 0 Å². The summed E-state index contributed by atoms with van der Waals surface area (Å²) in [5.41, 5.74) is -1.88. The smallest absolute Gasteiger partial charge is 0.330 e. The molecule has 6 heteroatoms. The van der Waals surface area contributed by atoms with Crippen LogP contribution in [0.25, 0.3) is 0 Å². The third kappa shape index (κ3) is 2.07. The number of carbonyl (C=O) groups excluding carboxylic acids is 1.